The standard InChI is InChI=1S/C12H5ClF3/c13-9-4-2-1-3-8(9)12-10(15)5-7(14)6-11(12)16/h1-3,5-6H. The molecule has 0 N–H and O–H groups in total. The quantitative estimate of drug-likeness (QED) is 0.701. The zero-order valence-corrected chi connectivity index (χ0v) is 8.65. The largest absolute Gasteiger partial charge is 0.207 e. The molecule has 0 aliphatic rings. The van der Waals surface area contributed by atoms with Crippen LogP contribution in [0.15, 0.2) is 30.3 Å². The highest BCUT2D eigenvalue weighted by molar-refractivity contribution is 6.33. The van der Waals surface area contributed by atoms with Crippen LogP contribution in [-0.4, -0.2) is 0 Å². The van der Waals surface area contributed by atoms with E-state index in [1.54, 1.807) is 6.07 Å². The van der Waals surface area contributed by atoms with E-state index in [1.165, 1.54) is 12.1 Å². The summed E-state index contributed by atoms with van der Waals surface area (Å²) < 4.78 is 39.6. The number of rotatable bonds is 1. The smallest absolute Gasteiger partial charge is 0.136 e. The van der Waals surface area contributed by atoms with Crippen molar-refractivity contribution in [3.05, 3.63) is 58.9 Å². The molecule has 0 bridgehead atoms. The lowest BCUT2D eigenvalue weighted by atomic mass is 10.0. The SMILES string of the molecule is Fc1cc(F)c(-c2ccc[c]c2Cl)c(F)c1. The molecule has 16 heavy (non-hydrogen) atoms. The predicted octanol–water partition coefficient (Wildman–Crippen LogP) is 4.22. The molecular weight excluding hydrogens is 237 g/mol. The van der Waals surface area contributed by atoms with Gasteiger partial charge in [0.05, 0.1) is 10.6 Å². The second kappa shape index (κ2) is 4.18. The van der Waals surface area contributed by atoms with Gasteiger partial charge in [-0.3, -0.25) is 0 Å². The van der Waals surface area contributed by atoms with E-state index in [2.05, 4.69) is 6.07 Å². The number of benzene rings is 2. The molecule has 0 saturated heterocycles. The van der Waals surface area contributed by atoms with Crippen molar-refractivity contribution in [3.63, 3.8) is 0 Å². The van der Waals surface area contributed by atoms with Crippen molar-refractivity contribution in [2.24, 2.45) is 0 Å². The van der Waals surface area contributed by atoms with Gasteiger partial charge in [0.2, 0.25) is 0 Å². The minimum absolute atomic E-state index is 0.0897. The lowest BCUT2D eigenvalue weighted by Gasteiger charge is -2.06. The van der Waals surface area contributed by atoms with Gasteiger partial charge in [-0.1, -0.05) is 29.8 Å². The van der Waals surface area contributed by atoms with Gasteiger partial charge in [0.15, 0.2) is 0 Å². The second-order valence-corrected chi connectivity index (χ2v) is 3.52. The molecule has 0 saturated carbocycles. The first-order valence-corrected chi connectivity index (χ1v) is 4.78. The van der Waals surface area contributed by atoms with Gasteiger partial charge in [-0.25, -0.2) is 13.2 Å². The zero-order valence-electron chi connectivity index (χ0n) is 7.90. The van der Waals surface area contributed by atoms with Gasteiger partial charge in [-0.15, -0.1) is 0 Å². The average molecular weight is 242 g/mol. The Kier molecular flexibility index (Phi) is 2.88. The van der Waals surface area contributed by atoms with E-state index < -0.39 is 17.5 Å². The van der Waals surface area contributed by atoms with Crippen molar-refractivity contribution < 1.29 is 13.2 Å². The fraction of sp³-hybridized carbons (Fsp3) is 0. The van der Waals surface area contributed by atoms with Crippen LogP contribution in [0.2, 0.25) is 5.02 Å². The molecule has 2 rings (SSSR count). The summed E-state index contributed by atoms with van der Waals surface area (Å²) in [5.74, 6) is -2.94. The minimum Gasteiger partial charge on any atom is -0.207 e. The van der Waals surface area contributed by atoms with Crippen LogP contribution in [0.5, 0.6) is 0 Å². The molecule has 4 heteroatoms. The Morgan fingerprint density at radius 1 is 1.06 bits per heavy atom. The third kappa shape index (κ3) is 1.91. The maximum Gasteiger partial charge on any atom is 0.136 e. The van der Waals surface area contributed by atoms with E-state index in [9.17, 15) is 13.2 Å². The molecular formula is C12H5ClF3. The number of hydrogen-bond donors (Lipinski definition) is 0. The Hall–Kier alpha value is -1.48. The molecule has 0 aliphatic carbocycles. The van der Waals surface area contributed by atoms with Crippen LogP contribution in [0.1, 0.15) is 0 Å². The van der Waals surface area contributed by atoms with E-state index in [-0.39, 0.29) is 16.1 Å². The van der Waals surface area contributed by atoms with E-state index in [1.807, 2.05) is 0 Å². The minimum atomic E-state index is -0.987. The maximum absolute atomic E-state index is 13.4. The van der Waals surface area contributed by atoms with Crippen LogP contribution in [0.25, 0.3) is 11.1 Å². The highest BCUT2D eigenvalue weighted by atomic mass is 35.5. The zero-order chi connectivity index (χ0) is 11.7. The topological polar surface area (TPSA) is 0 Å². The van der Waals surface area contributed by atoms with Gasteiger partial charge in [0, 0.05) is 23.8 Å². The highest BCUT2D eigenvalue weighted by Gasteiger charge is 2.15. The molecule has 0 spiro atoms. The van der Waals surface area contributed by atoms with Crippen molar-refractivity contribution in [3.8, 4) is 11.1 Å². The van der Waals surface area contributed by atoms with Crippen LogP contribution < -0.4 is 0 Å². The van der Waals surface area contributed by atoms with E-state index in [0.717, 1.165) is 0 Å². The van der Waals surface area contributed by atoms with E-state index >= 15 is 0 Å². The number of halogens is 4. The molecule has 0 unspecified atom stereocenters. The molecule has 0 aromatic heterocycles. The number of hydrogen-bond acceptors (Lipinski definition) is 0. The fourth-order valence-electron chi connectivity index (χ4n) is 1.41. The Bertz CT molecular complexity index is 515. The van der Waals surface area contributed by atoms with E-state index in [4.69, 9.17) is 11.6 Å². The molecule has 81 valence electrons. The summed E-state index contributed by atoms with van der Waals surface area (Å²) >= 11 is 5.76. The molecule has 0 atom stereocenters. The average Bonchev–Trinajstić information content (AvgIpc) is 2.19. The van der Waals surface area contributed by atoms with Crippen molar-refractivity contribution >= 4 is 11.6 Å². The van der Waals surface area contributed by atoms with Gasteiger partial charge >= 0.3 is 0 Å². The van der Waals surface area contributed by atoms with Crippen LogP contribution >= 0.6 is 11.6 Å². The maximum atomic E-state index is 13.4. The Labute approximate surface area is 95.3 Å². The first-order chi connectivity index (χ1) is 7.59. The van der Waals surface area contributed by atoms with E-state index in [0.29, 0.717) is 12.1 Å². The predicted molar refractivity (Wildman–Crippen MR) is 55.6 cm³/mol. The first-order valence-electron chi connectivity index (χ1n) is 4.40. The van der Waals surface area contributed by atoms with Crippen LogP contribution in [0.3, 0.4) is 0 Å². The summed E-state index contributed by atoms with van der Waals surface area (Å²) in [6, 6.07) is 8.34. The normalized spacial score (nSPS) is 10.5. The van der Waals surface area contributed by atoms with Gasteiger partial charge in [0.1, 0.15) is 17.5 Å². The molecule has 0 nitrogen and oxygen atoms in total. The summed E-state index contributed by atoms with van der Waals surface area (Å²) in [5, 5.41) is 0.0897. The lowest BCUT2D eigenvalue weighted by Crippen LogP contribution is -1.92. The third-order valence-corrected chi connectivity index (χ3v) is 2.39. The van der Waals surface area contributed by atoms with Crippen LogP contribution in [-0.2, 0) is 0 Å². The van der Waals surface area contributed by atoms with Crippen molar-refractivity contribution in [2.45, 2.75) is 0 Å². The van der Waals surface area contributed by atoms with Crippen LogP contribution in [0, 0.1) is 23.5 Å². The summed E-state index contributed by atoms with van der Waals surface area (Å²) in [7, 11) is 0. The highest BCUT2D eigenvalue weighted by Crippen LogP contribution is 2.31. The van der Waals surface area contributed by atoms with Gasteiger partial charge in [-0.2, -0.15) is 0 Å². The summed E-state index contributed by atoms with van der Waals surface area (Å²) in [5.41, 5.74) is -0.192. The Balaban J connectivity index is 2.70. The monoisotopic (exact) mass is 241 g/mol. The Morgan fingerprint density at radius 3 is 2.25 bits per heavy atom. The Morgan fingerprint density at radius 2 is 1.69 bits per heavy atom. The fourth-order valence-corrected chi connectivity index (χ4v) is 1.63. The van der Waals surface area contributed by atoms with Gasteiger partial charge in [-0.05, 0) is 0 Å². The summed E-state index contributed by atoms with van der Waals surface area (Å²) in [4.78, 5) is 0. The summed E-state index contributed by atoms with van der Waals surface area (Å²) in [6.07, 6.45) is 0. The molecule has 2 aromatic carbocycles. The van der Waals surface area contributed by atoms with Gasteiger partial charge in [0.25, 0.3) is 0 Å². The second-order valence-electron chi connectivity index (χ2n) is 3.14. The first kappa shape index (κ1) is 11.0. The van der Waals surface area contributed by atoms with Crippen molar-refractivity contribution in [2.75, 3.05) is 0 Å². The van der Waals surface area contributed by atoms with Crippen molar-refractivity contribution in [1.82, 2.24) is 0 Å². The molecule has 0 aliphatic heterocycles. The molecule has 1 radical (unpaired) electrons. The van der Waals surface area contributed by atoms with Crippen LogP contribution in [0.4, 0.5) is 13.2 Å². The molecule has 0 fully saturated rings. The molecule has 2 aromatic rings. The third-order valence-electron chi connectivity index (χ3n) is 2.08. The van der Waals surface area contributed by atoms with Gasteiger partial charge < -0.3 is 0 Å². The lowest BCUT2D eigenvalue weighted by molar-refractivity contribution is 0.548. The summed E-state index contributed by atoms with van der Waals surface area (Å²) in [6.45, 7) is 0. The molecule has 0 amide bonds. The molecule has 0 heterocycles. The van der Waals surface area contributed by atoms with Crippen molar-refractivity contribution in [1.29, 1.82) is 0 Å².